The number of hydrogen-bond acceptors (Lipinski definition) is 5. The summed E-state index contributed by atoms with van der Waals surface area (Å²) < 4.78 is 3.30. The molecule has 0 fully saturated rings. The summed E-state index contributed by atoms with van der Waals surface area (Å²) in [6.45, 7) is 0.487. The van der Waals surface area contributed by atoms with Gasteiger partial charge in [-0.05, 0) is 34.1 Å². The Labute approximate surface area is 157 Å². The Morgan fingerprint density at radius 1 is 1.23 bits per heavy atom. The Kier molecular flexibility index (Phi) is 4.18. The van der Waals surface area contributed by atoms with Gasteiger partial charge in [-0.1, -0.05) is 12.1 Å². The number of halogens is 1. The topological polar surface area (TPSA) is 95.2 Å². The summed E-state index contributed by atoms with van der Waals surface area (Å²) in [5.41, 5.74) is 9.80. The maximum Gasteiger partial charge on any atom is 0.185 e. The van der Waals surface area contributed by atoms with Crippen molar-refractivity contribution < 1.29 is 4.73 Å². The molecule has 26 heavy (non-hydrogen) atoms. The van der Waals surface area contributed by atoms with Crippen molar-refractivity contribution in [2.75, 3.05) is 11.1 Å². The molecule has 1 aromatic carbocycles. The van der Waals surface area contributed by atoms with Gasteiger partial charge < -0.3 is 16.3 Å². The lowest BCUT2D eigenvalue weighted by atomic mass is 10.1. The van der Waals surface area contributed by atoms with E-state index < -0.39 is 0 Å². The van der Waals surface area contributed by atoms with Gasteiger partial charge in [-0.3, -0.25) is 0 Å². The van der Waals surface area contributed by atoms with Crippen molar-refractivity contribution >= 4 is 33.1 Å². The number of nitrogens with one attached hydrogen (secondary N) is 1. The summed E-state index contributed by atoms with van der Waals surface area (Å²) in [7, 11) is 0. The van der Waals surface area contributed by atoms with Gasteiger partial charge >= 0.3 is 0 Å². The van der Waals surface area contributed by atoms with Crippen LogP contribution < -0.4 is 15.8 Å². The van der Waals surface area contributed by atoms with E-state index in [1.54, 1.807) is 16.8 Å². The second-order valence-corrected chi connectivity index (χ2v) is 6.66. The number of rotatable bonds is 4. The lowest BCUT2D eigenvalue weighted by Gasteiger charge is -2.11. The van der Waals surface area contributed by atoms with Crippen LogP contribution in [-0.2, 0) is 6.54 Å². The third-order valence-corrected chi connectivity index (χ3v) is 4.50. The van der Waals surface area contributed by atoms with E-state index in [4.69, 9.17) is 5.73 Å². The minimum Gasteiger partial charge on any atom is -0.619 e. The quantitative estimate of drug-likeness (QED) is 0.306. The predicted molar refractivity (Wildman–Crippen MR) is 103 cm³/mol. The second-order valence-electron chi connectivity index (χ2n) is 5.80. The molecule has 3 N–H and O–H groups in total. The van der Waals surface area contributed by atoms with Crippen LogP contribution >= 0.6 is 15.9 Å². The molecule has 7 nitrogen and oxygen atoms in total. The number of pyridine rings is 1. The van der Waals surface area contributed by atoms with E-state index in [1.807, 2.05) is 36.4 Å². The van der Waals surface area contributed by atoms with E-state index in [-0.39, 0.29) is 0 Å². The molecule has 3 aromatic heterocycles. The van der Waals surface area contributed by atoms with Crippen molar-refractivity contribution in [2.45, 2.75) is 6.54 Å². The van der Waals surface area contributed by atoms with Crippen LogP contribution in [0.3, 0.4) is 0 Å². The largest absolute Gasteiger partial charge is 0.619 e. The molecule has 0 radical (unpaired) electrons. The first-order chi connectivity index (χ1) is 12.6. The van der Waals surface area contributed by atoms with Crippen molar-refractivity contribution in [1.82, 2.24) is 14.6 Å². The maximum atomic E-state index is 11.4. The fourth-order valence-corrected chi connectivity index (χ4v) is 3.01. The molecule has 130 valence electrons. The Hall–Kier alpha value is -3.13. The van der Waals surface area contributed by atoms with Crippen molar-refractivity contribution in [2.24, 2.45) is 0 Å². The zero-order valence-electron chi connectivity index (χ0n) is 13.6. The number of nitrogens with zero attached hydrogens (tertiary/aromatic N) is 4. The van der Waals surface area contributed by atoms with E-state index >= 15 is 0 Å². The fraction of sp³-hybridized carbons (Fsp3) is 0.0556. The summed E-state index contributed by atoms with van der Waals surface area (Å²) in [6.07, 6.45) is 4.69. The fourth-order valence-electron chi connectivity index (χ4n) is 2.66. The van der Waals surface area contributed by atoms with Crippen molar-refractivity contribution in [1.29, 1.82) is 0 Å². The standard InChI is InChI=1S/C18H15BrN6O/c19-15-10-22-25-17(21-9-12-2-1-7-24(26)11-12)8-16(23-18(15)25)13-3-5-14(20)6-4-13/h1-8,10-11,21H,9,20H2. The molecule has 0 bridgehead atoms. The van der Waals surface area contributed by atoms with Crippen LogP contribution in [0, 0.1) is 5.21 Å². The molecule has 0 aliphatic rings. The number of aromatic nitrogens is 4. The monoisotopic (exact) mass is 410 g/mol. The van der Waals surface area contributed by atoms with Crippen molar-refractivity contribution in [3.05, 3.63) is 76.3 Å². The van der Waals surface area contributed by atoms with Gasteiger partial charge in [0.05, 0.1) is 16.4 Å². The molecular weight excluding hydrogens is 396 g/mol. The highest BCUT2D eigenvalue weighted by atomic mass is 79.9. The van der Waals surface area contributed by atoms with Gasteiger partial charge in [0.2, 0.25) is 0 Å². The summed E-state index contributed by atoms with van der Waals surface area (Å²) in [6, 6.07) is 13.1. The molecule has 4 rings (SSSR count). The van der Waals surface area contributed by atoms with Crippen LogP contribution in [0.15, 0.2) is 65.5 Å². The molecule has 4 aromatic rings. The number of nitrogen functional groups attached to an aromatic ring is 1. The van der Waals surface area contributed by atoms with Gasteiger partial charge in [0.25, 0.3) is 0 Å². The van der Waals surface area contributed by atoms with Gasteiger partial charge in [-0.15, -0.1) is 0 Å². The average Bonchev–Trinajstić information content (AvgIpc) is 3.02. The molecule has 0 saturated carbocycles. The minimum absolute atomic E-state index is 0.487. The van der Waals surface area contributed by atoms with Crippen LogP contribution in [-0.4, -0.2) is 14.6 Å². The van der Waals surface area contributed by atoms with Crippen LogP contribution in [0.5, 0.6) is 0 Å². The second kappa shape index (κ2) is 6.64. The van der Waals surface area contributed by atoms with E-state index in [1.165, 1.54) is 12.4 Å². The zero-order chi connectivity index (χ0) is 18.1. The van der Waals surface area contributed by atoms with Crippen LogP contribution in [0.25, 0.3) is 16.9 Å². The number of nitrogens with two attached hydrogens (primary N) is 1. The highest BCUT2D eigenvalue weighted by Gasteiger charge is 2.12. The first-order valence-corrected chi connectivity index (χ1v) is 8.71. The van der Waals surface area contributed by atoms with E-state index in [0.29, 0.717) is 17.9 Å². The van der Waals surface area contributed by atoms with Crippen molar-refractivity contribution in [3.8, 4) is 11.3 Å². The molecule has 3 heterocycles. The third kappa shape index (κ3) is 3.18. The molecule has 0 unspecified atom stereocenters. The summed E-state index contributed by atoms with van der Waals surface area (Å²) in [5.74, 6) is 0.772. The summed E-state index contributed by atoms with van der Waals surface area (Å²) >= 11 is 3.49. The van der Waals surface area contributed by atoms with Crippen LogP contribution in [0.4, 0.5) is 11.5 Å². The third-order valence-electron chi connectivity index (χ3n) is 3.95. The Bertz CT molecular complexity index is 1080. The van der Waals surface area contributed by atoms with Gasteiger partial charge in [0, 0.05) is 35.5 Å². The van der Waals surface area contributed by atoms with Crippen LogP contribution in [0.1, 0.15) is 5.56 Å². The molecule has 0 spiro atoms. The minimum atomic E-state index is 0.487. The molecule has 0 amide bonds. The lowest BCUT2D eigenvalue weighted by Crippen LogP contribution is -2.25. The Morgan fingerprint density at radius 2 is 2.04 bits per heavy atom. The number of fused-ring (bicyclic) bond motifs is 1. The lowest BCUT2D eigenvalue weighted by molar-refractivity contribution is -0.605. The summed E-state index contributed by atoms with van der Waals surface area (Å²) in [4.78, 5) is 4.68. The maximum absolute atomic E-state index is 11.4. The van der Waals surface area contributed by atoms with Crippen molar-refractivity contribution in [3.63, 3.8) is 0 Å². The molecule has 8 heteroatoms. The summed E-state index contributed by atoms with van der Waals surface area (Å²) in [5, 5.41) is 19.1. The van der Waals surface area contributed by atoms with Gasteiger partial charge in [0.1, 0.15) is 5.82 Å². The number of benzene rings is 1. The molecular formula is C18H15BrN6O. The van der Waals surface area contributed by atoms with E-state index in [0.717, 1.165) is 31.8 Å². The molecule has 0 aliphatic heterocycles. The Morgan fingerprint density at radius 3 is 2.81 bits per heavy atom. The van der Waals surface area contributed by atoms with Gasteiger partial charge in [-0.2, -0.15) is 14.3 Å². The number of hydrogen-bond donors (Lipinski definition) is 2. The first kappa shape index (κ1) is 16.3. The molecule has 0 saturated heterocycles. The van der Waals surface area contributed by atoms with E-state index in [9.17, 15) is 5.21 Å². The first-order valence-electron chi connectivity index (χ1n) is 7.92. The SMILES string of the molecule is Nc1ccc(-c2cc(NCc3ccc[n+]([O-])c3)n3ncc(Br)c3n2)cc1. The molecule has 0 aliphatic carbocycles. The van der Waals surface area contributed by atoms with E-state index in [2.05, 4.69) is 31.3 Å². The van der Waals surface area contributed by atoms with Gasteiger partial charge in [-0.25, -0.2) is 4.98 Å². The highest BCUT2D eigenvalue weighted by molar-refractivity contribution is 9.10. The van der Waals surface area contributed by atoms with Gasteiger partial charge in [0.15, 0.2) is 18.0 Å². The smallest absolute Gasteiger partial charge is 0.185 e. The normalized spacial score (nSPS) is 11.0. The molecule has 0 atom stereocenters. The average molecular weight is 411 g/mol. The van der Waals surface area contributed by atoms with Crippen LogP contribution in [0.2, 0.25) is 0 Å². The highest BCUT2D eigenvalue weighted by Crippen LogP contribution is 2.26. The Balaban J connectivity index is 1.74. The number of anilines is 2. The predicted octanol–water partition coefficient (Wildman–Crippen LogP) is 2.99. The zero-order valence-corrected chi connectivity index (χ0v) is 15.2.